The van der Waals surface area contributed by atoms with Crippen molar-refractivity contribution in [1.82, 2.24) is 19.8 Å². The minimum atomic E-state index is -3.53. The lowest BCUT2D eigenvalue weighted by molar-refractivity contribution is 0.0916. The zero-order chi connectivity index (χ0) is 23.6. The van der Waals surface area contributed by atoms with Gasteiger partial charge in [-0.2, -0.15) is 4.31 Å². The van der Waals surface area contributed by atoms with Crippen LogP contribution in [0.25, 0.3) is 11.5 Å². The van der Waals surface area contributed by atoms with E-state index < -0.39 is 15.9 Å². The number of hydrogen-bond acceptors (Lipinski definition) is 6. The molecule has 3 aromatic rings. The van der Waals surface area contributed by atoms with Gasteiger partial charge < -0.3 is 9.73 Å². The molecular weight excluding hydrogens is 440 g/mol. The Morgan fingerprint density at radius 2 is 1.79 bits per heavy atom. The lowest BCUT2D eigenvalue weighted by Crippen LogP contribution is -2.37. The van der Waals surface area contributed by atoms with Crippen LogP contribution in [0.15, 0.2) is 51.8 Å². The number of hydrogen-bond donors (Lipinski definition) is 1. The van der Waals surface area contributed by atoms with Gasteiger partial charge in [0.15, 0.2) is 0 Å². The fourth-order valence-corrected chi connectivity index (χ4v) is 5.29. The van der Waals surface area contributed by atoms with Crippen molar-refractivity contribution in [2.24, 2.45) is 5.92 Å². The summed E-state index contributed by atoms with van der Waals surface area (Å²) in [5, 5.41) is 10.6. The number of sulfonamides is 1. The van der Waals surface area contributed by atoms with Gasteiger partial charge in [0, 0.05) is 25.2 Å². The van der Waals surface area contributed by atoms with E-state index in [2.05, 4.69) is 22.4 Å². The number of nitrogens with zero attached hydrogens (tertiary/aromatic N) is 3. The molecule has 1 aromatic heterocycles. The molecule has 0 radical (unpaired) electrons. The second kappa shape index (κ2) is 9.44. The fraction of sp³-hybridized carbons (Fsp3) is 0.375. The molecule has 0 aliphatic carbocycles. The van der Waals surface area contributed by atoms with Crippen LogP contribution in [-0.2, 0) is 16.6 Å². The predicted octanol–water partition coefficient (Wildman–Crippen LogP) is 3.70. The number of aromatic nitrogens is 2. The topological polar surface area (TPSA) is 105 Å². The van der Waals surface area contributed by atoms with Crippen molar-refractivity contribution in [3.05, 3.63) is 65.0 Å². The molecule has 0 bridgehead atoms. The smallest absolute Gasteiger partial charge is 0.309 e. The van der Waals surface area contributed by atoms with Gasteiger partial charge in [-0.1, -0.05) is 30.7 Å². The van der Waals surface area contributed by atoms with E-state index in [1.165, 1.54) is 16.4 Å². The first-order chi connectivity index (χ1) is 15.7. The van der Waals surface area contributed by atoms with Crippen LogP contribution in [0.3, 0.4) is 0 Å². The summed E-state index contributed by atoms with van der Waals surface area (Å²) in [4.78, 5) is 12.7. The van der Waals surface area contributed by atoms with Gasteiger partial charge in [0.05, 0.1) is 4.90 Å². The quantitative estimate of drug-likeness (QED) is 0.591. The van der Waals surface area contributed by atoms with E-state index >= 15 is 0 Å². The van der Waals surface area contributed by atoms with Gasteiger partial charge in [-0.15, -0.1) is 10.2 Å². The van der Waals surface area contributed by atoms with E-state index in [4.69, 9.17) is 4.42 Å². The molecule has 1 amide bonds. The maximum Gasteiger partial charge on any atom is 0.309 e. The molecule has 1 aliphatic heterocycles. The molecule has 1 saturated heterocycles. The van der Waals surface area contributed by atoms with Crippen molar-refractivity contribution < 1.29 is 17.6 Å². The molecule has 33 heavy (non-hydrogen) atoms. The Kier molecular flexibility index (Phi) is 6.62. The van der Waals surface area contributed by atoms with Crippen LogP contribution in [-0.4, -0.2) is 41.9 Å². The van der Waals surface area contributed by atoms with E-state index in [1.54, 1.807) is 12.1 Å². The molecular formula is C24H28N4O4S. The highest BCUT2D eigenvalue weighted by atomic mass is 32.2. The lowest BCUT2D eigenvalue weighted by atomic mass is 10.0. The summed E-state index contributed by atoms with van der Waals surface area (Å²) in [5.74, 6) is 0.0915. The summed E-state index contributed by atoms with van der Waals surface area (Å²) < 4.78 is 32.8. The SMILES string of the molecule is Cc1ccc(C)c(CNC(=O)c2nnc(-c3ccc(S(=O)(=O)N4CCC(C)CC4)cc3)o2)c1. The van der Waals surface area contributed by atoms with E-state index in [1.807, 2.05) is 32.0 Å². The predicted molar refractivity (Wildman–Crippen MR) is 124 cm³/mol. The molecule has 0 spiro atoms. The monoisotopic (exact) mass is 468 g/mol. The molecule has 2 aromatic carbocycles. The highest BCUT2D eigenvalue weighted by Gasteiger charge is 2.28. The number of aryl methyl sites for hydroxylation is 2. The lowest BCUT2D eigenvalue weighted by Gasteiger charge is -2.29. The highest BCUT2D eigenvalue weighted by Crippen LogP contribution is 2.25. The van der Waals surface area contributed by atoms with Gasteiger partial charge >= 0.3 is 11.8 Å². The Morgan fingerprint density at radius 1 is 1.09 bits per heavy atom. The van der Waals surface area contributed by atoms with Crippen molar-refractivity contribution in [2.75, 3.05) is 13.1 Å². The maximum absolute atomic E-state index is 12.9. The van der Waals surface area contributed by atoms with E-state index in [9.17, 15) is 13.2 Å². The normalized spacial score (nSPS) is 15.5. The summed E-state index contributed by atoms with van der Waals surface area (Å²) in [6.45, 7) is 7.55. The molecule has 4 rings (SSSR count). The molecule has 9 heteroatoms. The Balaban J connectivity index is 1.43. The fourth-order valence-electron chi connectivity index (χ4n) is 3.82. The molecule has 0 unspecified atom stereocenters. The first kappa shape index (κ1) is 23.1. The number of carbonyl (C=O) groups excluding carboxylic acids is 1. The zero-order valence-corrected chi connectivity index (χ0v) is 19.9. The number of amides is 1. The van der Waals surface area contributed by atoms with Gasteiger partial charge in [-0.3, -0.25) is 4.79 Å². The summed E-state index contributed by atoms with van der Waals surface area (Å²) in [6.07, 6.45) is 1.74. The third-order valence-corrected chi connectivity index (χ3v) is 7.96. The Morgan fingerprint density at radius 3 is 2.48 bits per heavy atom. The van der Waals surface area contributed by atoms with E-state index in [0.29, 0.717) is 31.1 Å². The minimum Gasteiger partial charge on any atom is -0.412 e. The number of piperidine rings is 1. The van der Waals surface area contributed by atoms with Crippen LogP contribution in [0, 0.1) is 19.8 Å². The van der Waals surface area contributed by atoms with Crippen molar-refractivity contribution in [3.8, 4) is 11.5 Å². The van der Waals surface area contributed by atoms with E-state index in [0.717, 1.165) is 29.5 Å². The second-order valence-corrected chi connectivity index (χ2v) is 10.6. The maximum atomic E-state index is 12.9. The first-order valence-corrected chi connectivity index (χ1v) is 12.5. The third kappa shape index (κ3) is 5.15. The summed E-state index contributed by atoms with van der Waals surface area (Å²) in [5.41, 5.74) is 3.76. The number of benzene rings is 2. The van der Waals surface area contributed by atoms with Crippen LogP contribution in [0.4, 0.5) is 0 Å². The second-order valence-electron chi connectivity index (χ2n) is 8.64. The molecule has 2 heterocycles. The van der Waals surface area contributed by atoms with Gasteiger partial charge in [-0.05, 0) is 68.0 Å². The zero-order valence-electron chi connectivity index (χ0n) is 19.0. The molecule has 1 aliphatic rings. The summed E-state index contributed by atoms with van der Waals surface area (Å²) in [7, 11) is -3.53. The first-order valence-electron chi connectivity index (χ1n) is 11.0. The summed E-state index contributed by atoms with van der Waals surface area (Å²) in [6, 6.07) is 12.4. The minimum absolute atomic E-state index is 0.144. The van der Waals surface area contributed by atoms with Crippen molar-refractivity contribution in [3.63, 3.8) is 0 Å². The van der Waals surface area contributed by atoms with Crippen LogP contribution in [0.1, 0.15) is 47.1 Å². The van der Waals surface area contributed by atoms with E-state index in [-0.39, 0.29) is 16.7 Å². The number of rotatable bonds is 6. The molecule has 1 N–H and O–H groups in total. The van der Waals surface area contributed by atoms with Crippen LogP contribution in [0.5, 0.6) is 0 Å². The number of carbonyl (C=O) groups is 1. The van der Waals surface area contributed by atoms with Crippen LogP contribution < -0.4 is 5.32 Å². The van der Waals surface area contributed by atoms with Gasteiger partial charge in [-0.25, -0.2) is 8.42 Å². The third-order valence-electron chi connectivity index (χ3n) is 6.04. The van der Waals surface area contributed by atoms with Crippen LogP contribution in [0.2, 0.25) is 0 Å². The Hall–Kier alpha value is -3.04. The average Bonchev–Trinajstić information content (AvgIpc) is 3.30. The molecule has 0 atom stereocenters. The van der Waals surface area contributed by atoms with Gasteiger partial charge in [0.1, 0.15) is 0 Å². The van der Waals surface area contributed by atoms with Crippen molar-refractivity contribution in [1.29, 1.82) is 0 Å². The van der Waals surface area contributed by atoms with Crippen LogP contribution >= 0.6 is 0 Å². The Labute approximate surface area is 194 Å². The average molecular weight is 469 g/mol. The Bertz CT molecular complexity index is 1240. The number of nitrogens with one attached hydrogen (secondary N) is 1. The standard InChI is InChI=1S/C24H28N4O4S/c1-16-10-12-28(13-11-16)33(30,31)21-8-6-19(7-9-21)23-26-27-24(32-23)22(29)25-15-20-14-17(2)4-5-18(20)3/h4-9,14,16H,10-13,15H2,1-3H3,(H,25,29). The molecule has 1 fully saturated rings. The van der Waals surface area contributed by atoms with Crippen molar-refractivity contribution in [2.45, 2.75) is 45.1 Å². The largest absolute Gasteiger partial charge is 0.412 e. The van der Waals surface area contributed by atoms with Gasteiger partial charge in [0.25, 0.3) is 0 Å². The van der Waals surface area contributed by atoms with Gasteiger partial charge in [0.2, 0.25) is 15.9 Å². The molecule has 8 nitrogen and oxygen atoms in total. The molecule has 0 saturated carbocycles. The van der Waals surface area contributed by atoms with Crippen molar-refractivity contribution >= 4 is 15.9 Å². The molecule has 174 valence electrons. The highest BCUT2D eigenvalue weighted by molar-refractivity contribution is 7.89. The summed E-state index contributed by atoms with van der Waals surface area (Å²) >= 11 is 0.